The number of rotatable bonds is 0. The highest BCUT2D eigenvalue weighted by atomic mass is 16.5. The third-order valence-electron chi connectivity index (χ3n) is 1.47. The molecule has 0 bridgehead atoms. The van der Waals surface area contributed by atoms with Crippen LogP contribution in [0.15, 0.2) is 30.3 Å². The van der Waals surface area contributed by atoms with Gasteiger partial charge in [-0.3, -0.25) is 0 Å². The van der Waals surface area contributed by atoms with E-state index in [1.807, 2.05) is 24.3 Å². The zero-order valence-electron chi connectivity index (χ0n) is 6.50. The fourth-order valence-corrected chi connectivity index (χ4v) is 0.994. The summed E-state index contributed by atoms with van der Waals surface area (Å²) in [5.74, 6) is 0.819. The average molecular weight is 133 g/mol. The molecule has 0 spiro atoms. The van der Waals surface area contributed by atoms with Gasteiger partial charge in [0.05, 0.1) is 1.37 Å². The summed E-state index contributed by atoms with van der Waals surface area (Å²) in [7, 11) is 0. The molecule has 0 aromatic heterocycles. The fraction of sp³-hybridized carbons (Fsp3) is 0.111. The maximum absolute atomic E-state index is 7.52. The molecule has 0 fully saturated rings. The Balaban J connectivity index is 2.60. The highest BCUT2D eigenvalue weighted by Crippen LogP contribution is 2.21. The van der Waals surface area contributed by atoms with E-state index in [1.54, 1.807) is 6.07 Å². The Morgan fingerprint density at radius 2 is 2.50 bits per heavy atom. The van der Waals surface area contributed by atoms with Crippen LogP contribution < -0.4 is 4.74 Å². The van der Waals surface area contributed by atoms with Crippen molar-refractivity contribution in [3.8, 4) is 5.75 Å². The Bertz CT molecular complexity index is 304. The summed E-state index contributed by atoms with van der Waals surface area (Å²) in [6.45, 7) is 0.621. The Kier molecular flexibility index (Phi) is 0.992. The fourth-order valence-electron chi connectivity index (χ4n) is 0.994. The minimum absolute atomic E-state index is 0.526. The maximum Gasteiger partial charge on any atom is 0.126 e. The first kappa shape index (κ1) is 4.56. The maximum atomic E-state index is 7.52. The molecule has 0 atom stereocenters. The van der Waals surface area contributed by atoms with Gasteiger partial charge in [0.15, 0.2) is 0 Å². The molecule has 1 nitrogen and oxygen atoms in total. The highest BCUT2D eigenvalue weighted by Gasteiger charge is 2.01. The largest absolute Gasteiger partial charge is 0.489 e. The molecule has 0 amide bonds. The standard InChI is InChI=1S/C9H8O/c1-2-6-9-8(4-1)5-3-7-10-9/h1-6H,7H2/i4D. The van der Waals surface area contributed by atoms with Crippen LogP contribution >= 0.6 is 0 Å². The lowest BCUT2D eigenvalue weighted by Crippen LogP contribution is -1.98. The molecule has 1 heterocycles. The van der Waals surface area contributed by atoms with E-state index in [1.165, 1.54) is 0 Å². The van der Waals surface area contributed by atoms with Crippen LogP contribution in [0.25, 0.3) is 6.08 Å². The van der Waals surface area contributed by atoms with E-state index in [9.17, 15) is 0 Å². The van der Waals surface area contributed by atoms with Crippen LogP contribution in [-0.4, -0.2) is 6.61 Å². The van der Waals surface area contributed by atoms with Crippen molar-refractivity contribution < 1.29 is 6.11 Å². The molecule has 0 unspecified atom stereocenters. The second kappa shape index (κ2) is 2.18. The van der Waals surface area contributed by atoms with Crippen LogP contribution in [-0.2, 0) is 0 Å². The zero-order valence-corrected chi connectivity index (χ0v) is 5.50. The summed E-state index contributed by atoms with van der Waals surface area (Å²) in [4.78, 5) is 0. The van der Waals surface area contributed by atoms with Crippen LogP contribution in [0.3, 0.4) is 0 Å². The number of ether oxygens (including phenoxy) is 1. The molecule has 50 valence electrons. The predicted molar refractivity (Wildman–Crippen MR) is 41.0 cm³/mol. The number of hydrogen-bond donors (Lipinski definition) is 0. The summed E-state index contributed by atoms with van der Waals surface area (Å²) in [6, 6.07) is 6.01. The summed E-state index contributed by atoms with van der Waals surface area (Å²) in [5.41, 5.74) is 0.888. The van der Waals surface area contributed by atoms with Gasteiger partial charge in [0.25, 0.3) is 0 Å². The van der Waals surface area contributed by atoms with E-state index < -0.39 is 0 Å². The molecule has 1 aromatic rings. The van der Waals surface area contributed by atoms with Crippen molar-refractivity contribution in [2.45, 2.75) is 0 Å². The molecule has 1 aromatic carbocycles. The molecule has 10 heavy (non-hydrogen) atoms. The first-order valence-electron chi connectivity index (χ1n) is 3.77. The number of hydrogen-bond acceptors (Lipinski definition) is 1. The molecule has 1 aliphatic rings. The SMILES string of the molecule is [2H]c1cccc2c1C=CCO2. The topological polar surface area (TPSA) is 9.23 Å². The monoisotopic (exact) mass is 133 g/mol. The molecular weight excluding hydrogens is 124 g/mol. The summed E-state index contributed by atoms with van der Waals surface area (Å²) < 4.78 is 12.8. The van der Waals surface area contributed by atoms with Crippen LogP contribution in [0.2, 0.25) is 0 Å². The van der Waals surface area contributed by atoms with Gasteiger partial charge in [-0.25, -0.2) is 0 Å². The summed E-state index contributed by atoms with van der Waals surface area (Å²) in [6.07, 6.45) is 3.85. The lowest BCUT2D eigenvalue weighted by Gasteiger charge is -2.10. The van der Waals surface area contributed by atoms with E-state index in [0.29, 0.717) is 12.6 Å². The molecule has 0 N–H and O–H groups in total. The molecule has 0 radical (unpaired) electrons. The van der Waals surface area contributed by atoms with Gasteiger partial charge in [-0.1, -0.05) is 24.3 Å². The van der Waals surface area contributed by atoms with Gasteiger partial charge in [-0.05, 0) is 12.1 Å². The molecule has 0 saturated heterocycles. The second-order valence-electron chi connectivity index (χ2n) is 2.16. The lowest BCUT2D eigenvalue weighted by atomic mass is 10.1. The number of para-hydroxylation sites is 1. The highest BCUT2D eigenvalue weighted by molar-refractivity contribution is 5.58. The molecular formula is C9H8O. The Morgan fingerprint density at radius 3 is 3.40 bits per heavy atom. The minimum atomic E-state index is 0.526. The smallest absolute Gasteiger partial charge is 0.126 e. The van der Waals surface area contributed by atoms with Gasteiger partial charge in [-0.15, -0.1) is 0 Å². The molecule has 1 heteroatoms. The molecule has 0 saturated carbocycles. The van der Waals surface area contributed by atoms with E-state index in [-0.39, 0.29) is 0 Å². The van der Waals surface area contributed by atoms with Crippen molar-refractivity contribution in [1.82, 2.24) is 0 Å². The van der Waals surface area contributed by atoms with Crippen molar-refractivity contribution in [2.75, 3.05) is 6.61 Å². The Hall–Kier alpha value is -1.24. The van der Waals surface area contributed by atoms with Crippen molar-refractivity contribution in [3.05, 3.63) is 35.9 Å². The second-order valence-corrected chi connectivity index (χ2v) is 2.16. The Labute approximate surface area is 61.3 Å². The summed E-state index contributed by atoms with van der Waals surface area (Å²) >= 11 is 0. The normalized spacial score (nSPS) is 15.4. The minimum Gasteiger partial charge on any atom is -0.489 e. The van der Waals surface area contributed by atoms with Gasteiger partial charge in [-0.2, -0.15) is 0 Å². The first-order chi connectivity index (χ1) is 5.38. The molecule has 1 aliphatic heterocycles. The van der Waals surface area contributed by atoms with Crippen molar-refractivity contribution in [1.29, 1.82) is 0 Å². The predicted octanol–water partition coefficient (Wildman–Crippen LogP) is 2.09. The van der Waals surface area contributed by atoms with E-state index in [0.717, 1.165) is 11.3 Å². The van der Waals surface area contributed by atoms with Gasteiger partial charge >= 0.3 is 0 Å². The van der Waals surface area contributed by atoms with Crippen LogP contribution in [0, 0.1) is 0 Å². The molecule has 2 rings (SSSR count). The zero-order chi connectivity index (χ0) is 7.68. The van der Waals surface area contributed by atoms with E-state index >= 15 is 0 Å². The average Bonchev–Trinajstić information content (AvgIpc) is 2.06. The summed E-state index contributed by atoms with van der Waals surface area (Å²) in [5, 5.41) is 0. The van der Waals surface area contributed by atoms with Crippen LogP contribution in [0.1, 0.15) is 6.93 Å². The van der Waals surface area contributed by atoms with Crippen LogP contribution in [0.5, 0.6) is 5.75 Å². The third kappa shape index (κ3) is 0.798. The van der Waals surface area contributed by atoms with Crippen molar-refractivity contribution >= 4 is 6.08 Å². The van der Waals surface area contributed by atoms with E-state index in [4.69, 9.17) is 6.11 Å². The quantitative estimate of drug-likeness (QED) is 0.526. The van der Waals surface area contributed by atoms with Crippen molar-refractivity contribution in [2.24, 2.45) is 0 Å². The Morgan fingerprint density at radius 1 is 1.50 bits per heavy atom. The molecule has 0 aliphatic carbocycles. The first-order valence-corrected chi connectivity index (χ1v) is 3.27. The lowest BCUT2D eigenvalue weighted by molar-refractivity contribution is 0.358. The number of fused-ring (bicyclic) bond motifs is 1. The van der Waals surface area contributed by atoms with Gasteiger partial charge < -0.3 is 4.74 Å². The van der Waals surface area contributed by atoms with Gasteiger partial charge in [0, 0.05) is 5.56 Å². The van der Waals surface area contributed by atoms with Gasteiger partial charge in [0.2, 0.25) is 0 Å². The van der Waals surface area contributed by atoms with Crippen molar-refractivity contribution in [3.63, 3.8) is 0 Å². The third-order valence-corrected chi connectivity index (χ3v) is 1.47. The van der Waals surface area contributed by atoms with E-state index in [2.05, 4.69) is 0 Å². The number of benzene rings is 1. The van der Waals surface area contributed by atoms with Gasteiger partial charge in [0.1, 0.15) is 12.4 Å². The van der Waals surface area contributed by atoms with Crippen LogP contribution in [0.4, 0.5) is 0 Å².